The molecule has 0 bridgehead atoms. The number of hydrogen-bond donors (Lipinski definition) is 1. The zero-order valence-corrected chi connectivity index (χ0v) is 15.4. The molecule has 0 fully saturated rings. The zero-order chi connectivity index (χ0) is 18.2. The van der Waals surface area contributed by atoms with Crippen LogP contribution in [0, 0.1) is 0 Å². The van der Waals surface area contributed by atoms with Gasteiger partial charge in [-0.05, 0) is 43.7 Å². The van der Waals surface area contributed by atoms with Crippen molar-refractivity contribution in [1.29, 1.82) is 0 Å². The van der Waals surface area contributed by atoms with E-state index in [-0.39, 0.29) is 5.91 Å². The first-order chi connectivity index (χ1) is 12.0. The maximum atomic E-state index is 12.1. The van der Waals surface area contributed by atoms with Crippen molar-refractivity contribution < 1.29 is 9.53 Å². The highest BCUT2D eigenvalue weighted by atomic mass is 35.5. The van der Waals surface area contributed by atoms with E-state index in [9.17, 15) is 4.79 Å². The van der Waals surface area contributed by atoms with Gasteiger partial charge in [-0.25, -0.2) is 5.43 Å². The van der Waals surface area contributed by atoms with Crippen molar-refractivity contribution in [2.45, 2.75) is 20.0 Å². The van der Waals surface area contributed by atoms with Crippen molar-refractivity contribution in [3.63, 3.8) is 0 Å². The van der Waals surface area contributed by atoms with Crippen LogP contribution in [0.15, 0.2) is 59.7 Å². The van der Waals surface area contributed by atoms with Gasteiger partial charge >= 0.3 is 0 Å². The van der Waals surface area contributed by atoms with E-state index >= 15 is 0 Å². The molecule has 0 aromatic heterocycles. The number of amides is 1. The summed E-state index contributed by atoms with van der Waals surface area (Å²) in [6.07, 6.45) is 2.98. The van der Waals surface area contributed by atoms with Gasteiger partial charge in [-0.15, -0.1) is 0 Å². The zero-order valence-electron chi connectivity index (χ0n) is 13.9. The van der Waals surface area contributed by atoms with E-state index in [1.54, 1.807) is 32.0 Å². The van der Waals surface area contributed by atoms with Gasteiger partial charge in [-0.2, -0.15) is 5.10 Å². The smallest absolute Gasteiger partial charge is 0.280 e. The number of ether oxygens (including phenoxy) is 1. The molecule has 1 N–H and O–H groups in total. The second-order valence-corrected chi connectivity index (χ2v) is 6.15. The second-order valence-electron chi connectivity index (χ2n) is 5.31. The fourth-order valence-corrected chi connectivity index (χ4v) is 2.32. The Bertz CT molecular complexity index is 789. The Morgan fingerprint density at radius 3 is 2.60 bits per heavy atom. The van der Waals surface area contributed by atoms with Gasteiger partial charge in [0.05, 0.1) is 10.7 Å². The molecule has 1 amide bonds. The van der Waals surface area contributed by atoms with Crippen LogP contribution in [0.1, 0.15) is 19.4 Å². The quantitative estimate of drug-likeness (QED) is 0.571. The fraction of sp³-hybridized carbons (Fsp3) is 0.158. The van der Waals surface area contributed by atoms with Crippen LogP contribution in [-0.2, 0) is 4.79 Å². The first kappa shape index (κ1) is 19.0. The molecule has 2 rings (SSSR count). The van der Waals surface area contributed by atoms with Crippen LogP contribution in [-0.4, -0.2) is 17.7 Å². The Morgan fingerprint density at radius 1 is 1.20 bits per heavy atom. The predicted molar refractivity (Wildman–Crippen MR) is 103 cm³/mol. The van der Waals surface area contributed by atoms with E-state index in [0.29, 0.717) is 21.5 Å². The summed E-state index contributed by atoms with van der Waals surface area (Å²) in [5.74, 6) is 0.0110. The van der Waals surface area contributed by atoms with Crippen molar-refractivity contribution in [2.75, 3.05) is 0 Å². The van der Waals surface area contributed by atoms with E-state index in [1.165, 1.54) is 0 Å². The monoisotopic (exact) mass is 376 g/mol. The third-order valence-corrected chi connectivity index (χ3v) is 3.76. The van der Waals surface area contributed by atoms with Crippen LogP contribution in [0.3, 0.4) is 0 Å². The predicted octanol–water partition coefficient (Wildman–Crippen LogP) is 4.97. The van der Waals surface area contributed by atoms with Gasteiger partial charge < -0.3 is 4.74 Å². The molecule has 0 saturated carbocycles. The first-order valence-electron chi connectivity index (χ1n) is 7.64. The minimum atomic E-state index is -0.756. The molecule has 1 unspecified atom stereocenters. The topological polar surface area (TPSA) is 50.7 Å². The van der Waals surface area contributed by atoms with Crippen molar-refractivity contribution in [2.24, 2.45) is 5.10 Å². The number of nitrogens with zero attached hydrogens (tertiary/aromatic N) is 1. The lowest BCUT2D eigenvalue weighted by molar-refractivity contribution is -0.127. The molecule has 0 aliphatic heterocycles. The summed E-state index contributed by atoms with van der Waals surface area (Å²) < 4.78 is 5.53. The molecule has 0 aliphatic rings. The van der Waals surface area contributed by atoms with Gasteiger partial charge in [0.25, 0.3) is 5.91 Å². The Balaban J connectivity index is 1.90. The van der Waals surface area contributed by atoms with Gasteiger partial charge in [0, 0.05) is 5.02 Å². The van der Waals surface area contributed by atoms with Gasteiger partial charge in [0.2, 0.25) is 0 Å². The molecule has 2 aromatic carbocycles. The molecule has 0 radical (unpaired) electrons. The molecule has 0 heterocycles. The van der Waals surface area contributed by atoms with Crippen molar-refractivity contribution >= 4 is 40.9 Å². The summed E-state index contributed by atoms with van der Waals surface area (Å²) in [5.41, 5.74) is 4.19. The molecule has 0 saturated heterocycles. The van der Waals surface area contributed by atoms with Gasteiger partial charge in [0.15, 0.2) is 6.10 Å². The van der Waals surface area contributed by atoms with Crippen molar-refractivity contribution in [1.82, 2.24) is 5.43 Å². The molecular formula is C19H18Cl2N2O2. The van der Waals surface area contributed by atoms with Crippen LogP contribution in [0.25, 0.3) is 6.08 Å². The standard InChI is InChI=1S/C19H18Cl2N2O2/c1-13(8-9-15-6-4-3-5-7-15)22-23-19(24)14(2)25-18-11-10-16(20)12-17(18)21/h3-12,14H,1-2H3,(H,23,24). The third kappa shape index (κ3) is 6.25. The lowest BCUT2D eigenvalue weighted by Gasteiger charge is -2.14. The summed E-state index contributed by atoms with van der Waals surface area (Å²) >= 11 is 11.9. The summed E-state index contributed by atoms with van der Waals surface area (Å²) in [4.78, 5) is 12.1. The largest absolute Gasteiger partial charge is 0.479 e. The average molecular weight is 377 g/mol. The Hall–Kier alpha value is -2.30. The highest BCUT2D eigenvalue weighted by Gasteiger charge is 2.15. The highest BCUT2D eigenvalue weighted by molar-refractivity contribution is 6.35. The Labute approximate surface area is 157 Å². The van der Waals surface area contributed by atoms with Gasteiger partial charge in [-0.1, -0.05) is 59.6 Å². The molecule has 0 spiro atoms. The number of nitrogens with one attached hydrogen (secondary N) is 1. The number of halogens is 2. The molecular weight excluding hydrogens is 359 g/mol. The fourth-order valence-electron chi connectivity index (χ4n) is 1.87. The van der Waals surface area contributed by atoms with E-state index in [0.717, 1.165) is 5.56 Å². The minimum absolute atomic E-state index is 0.345. The Kier molecular flexibility index (Phi) is 7.04. The molecule has 6 heteroatoms. The number of carbonyl (C=O) groups is 1. The van der Waals surface area contributed by atoms with Crippen LogP contribution < -0.4 is 10.2 Å². The molecule has 1 atom stereocenters. The van der Waals surface area contributed by atoms with E-state index in [2.05, 4.69) is 10.5 Å². The number of hydrazone groups is 1. The van der Waals surface area contributed by atoms with Crippen LogP contribution >= 0.6 is 23.2 Å². The Morgan fingerprint density at radius 2 is 1.92 bits per heavy atom. The molecule has 130 valence electrons. The van der Waals surface area contributed by atoms with Crippen LogP contribution in [0.5, 0.6) is 5.75 Å². The maximum Gasteiger partial charge on any atom is 0.280 e. The third-order valence-electron chi connectivity index (χ3n) is 3.23. The summed E-state index contributed by atoms with van der Waals surface area (Å²) in [6, 6.07) is 14.6. The molecule has 2 aromatic rings. The van der Waals surface area contributed by atoms with E-state index in [1.807, 2.05) is 42.5 Å². The molecule has 0 aliphatic carbocycles. The highest BCUT2D eigenvalue weighted by Crippen LogP contribution is 2.28. The SMILES string of the molecule is CC(C=Cc1ccccc1)=NNC(=O)C(C)Oc1ccc(Cl)cc1Cl. The average Bonchev–Trinajstić information content (AvgIpc) is 2.61. The first-order valence-corrected chi connectivity index (χ1v) is 8.40. The summed E-state index contributed by atoms with van der Waals surface area (Å²) in [7, 11) is 0. The maximum absolute atomic E-state index is 12.1. The van der Waals surface area contributed by atoms with Crippen LogP contribution in [0.4, 0.5) is 0 Å². The number of allylic oxidation sites excluding steroid dienone is 1. The normalized spacial score (nSPS) is 12.9. The molecule has 25 heavy (non-hydrogen) atoms. The minimum Gasteiger partial charge on any atom is -0.479 e. The number of benzene rings is 2. The van der Waals surface area contributed by atoms with Gasteiger partial charge in [-0.3, -0.25) is 4.79 Å². The van der Waals surface area contributed by atoms with Crippen molar-refractivity contribution in [3.05, 3.63) is 70.2 Å². The van der Waals surface area contributed by atoms with Crippen molar-refractivity contribution in [3.8, 4) is 5.75 Å². The molecule has 4 nitrogen and oxygen atoms in total. The number of rotatable bonds is 6. The summed E-state index contributed by atoms with van der Waals surface area (Å²) in [5, 5.41) is 4.88. The summed E-state index contributed by atoms with van der Waals surface area (Å²) in [6.45, 7) is 3.41. The second kappa shape index (κ2) is 9.25. The lowest BCUT2D eigenvalue weighted by Crippen LogP contribution is -2.33. The number of carbonyl (C=O) groups excluding carboxylic acids is 1. The van der Waals surface area contributed by atoms with E-state index in [4.69, 9.17) is 27.9 Å². The van der Waals surface area contributed by atoms with Crippen LogP contribution in [0.2, 0.25) is 10.0 Å². The van der Waals surface area contributed by atoms with E-state index < -0.39 is 6.10 Å². The number of hydrogen-bond acceptors (Lipinski definition) is 3. The van der Waals surface area contributed by atoms with Gasteiger partial charge in [0.1, 0.15) is 5.75 Å². The lowest BCUT2D eigenvalue weighted by atomic mass is 10.2.